The lowest BCUT2D eigenvalue weighted by molar-refractivity contribution is -0.384. The zero-order valence-corrected chi connectivity index (χ0v) is 12.0. The van der Waals surface area contributed by atoms with E-state index in [-0.39, 0.29) is 10.6 Å². The first-order valence-corrected chi connectivity index (χ1v) is 6.79. The van der Waals surface area contributed by atoms with Gasteiger partial charge in [0.05, 0.1) is 4.92 Å². The van der Waals surface area contributed by atoms with E-state index in [1.165, 1.54) is 0 Å². The molecule has 1 aromatic rings. The molecule has 0 saturated carbocycles. The van der Waals surface area contributed by atoms with Crippen molar-refractivity contribution in [2.75, 3.05) is 31.5 Å². The van der Waals surface area contributed by atoms with E-state index in [2.05, 4.69) is 24.1 Å². The quantitative estimate of drug-likeness (QED) is 0.579. The number of hydrogen-bond acceptors (Lipinski definition) is 4. The summed E-state index contributed by atoms with van der Waals surface area (Å²) >= 11 is 0. The first-order chi connectivity index (χ1) is 9.08. The van der Waals surface area contributed by atoms with Gasteiger partial charge in [0.25, 0.3) is 5.69 Å². The molecule has 0 saturated heterocycles. The zero-order valence-electron chi connectivity index (χ0n) is 12.0. The fourth-order valence-electron chi connectivity index (χ4n) is 2.04. The molecule has 0 aromatic heterocycles. The molecule has 0 aliphatic carbocycles. The molecule has 5 heteroatoms. The monoisotopic (exact) mass is 265 g/mol. The summed E-state index contributed by atoms with van der Waals surface area (Å²) in [7, 11) is 0. The number of nitro benzene ring substituents is 1. The molecule has 0 aliphatic heterocycles. The van der Waals surface area contributed by atoms with Crippen molar-refractivity contribution >= 4 is 11.4 Å². The summed E-state index contributed by atoms with van der Waals surface area (Å²) in [5, 5.41) is 14.1. The Morgan fingerprint density at radius 3 is 2.63 bits per heavy atom. The maximum absolute atomic E-state index is 11.0. The summed E-state index contributed by atoms with van der Waals surface area (Å²) in [5.74, 6) is 0. The third kappa shape index (κ3) is 4.87. The van der Waals surface area contributed by atoms with Gasteiger partial charge in [-0.05, 0) is 38.1 Å². The third-order valence-corrected chi connectivity index (χ3v) is 3.08. The molecule has 0 atom stereocenters. The second-order valence-corrected chi connectivity index (χ2v) is 4.64. The number of hydrogen-bond donors (Lipinski definition) is 1. The molecule has 1 aromatic carbocycles. The van der Waals surface area contributed by atoms with Crippen LogP contribution in [-0.2, 0) is 0 Å². The van der Waals surface area contributed by atoms with E-state index < -0.39 is 0 Å². The van der Waals surface area contributed by atoms with Crippen molar-refractivity contribution in [2.24, 2.45) is 0 Å². The van der Waals surface area contributed by atoms with Crippen molar-refractivity contribution in [1.29, 1.82) is 0 Å². The second kappa shape index (κ2) is 7.74. The minimum absolute atomic E-state index is 0.151. The Hall–Kier alpha value is -1.62. The molecule has 1 N–H and O–H groups in total. The van der Waals surface area contributed by atoms with Crippen molar-refractivity contribution in [3.63, 3.8) is 0 Å². The number of nitrogens with zero attached hydrogens (tertiary/aromatic N) is 2. The molecule has 0 bridgehead atoms. The van der Waals surface area contributed by atoms with Crippen LogP contribution in [0.25, 0.3) is 0 Å². The standard InChI is InChI=1S/C14H23N3O2/c1-4-9-16(5-2)10-8-15-13-7-6-12(3)11-14(13)17(18)19/h6-7,11,15H,4-5,8-10H2,1-3H3. The molecule has 0 fully saturated rings. The van der Waals surface area contributed by atoms with Crippen LogP contribution in [0, 0.1) is 17.0 Å². The summed E-state index contributed by atoms with van der Waals surface area (Å²) in [6.07, 6.45) is 1.12. The van der Waals surface area contributed by atoms with Crippen LogP contribution < -0.4 is 5.32 Å². The number of likely N-dealkylation sites (N-methyl/N-ethyl adjacent to an activating group) is 1. The van der Waals surface area contributed by atoms with Gasteiger partial charge < -0.3 is 10.2 Å². The Balaban J connectivity index is 2.60. The highest BCUT2D eigenvalue weighted by atomic mass is 16.6. The first kappa shape index (κ1) is 15.4. The zero-order chi connectivity index (χ0) is 14.3. The summed E-state index contributed by atoms with van der Waals surface area (Å²) in [6.45, 7) is 9.83. The Bertz CT molecular complexity index is 421. The number of aryl methyl sites for hydroxylation is 1. The molecule has 5 nitrogen and oxygen atoms in total. The van der Waals surface area contributed by atoms with Gasteiger partial charge in [0.15, 0.2) is 0 Å². The molecule has 1 rings (SSSR count). The number of nitrogens with one attached hydrogen (secondary N) is 1. The normalized spacial score (nSPS) is 10.7. The van der Waals surface area contributed by atoms with E-state index >= 15 is 0 Å². The lowest BCUT2D eigenvalue weighted by Gasteiger charge is -2.19. The molecule has 0 amide bonds. The van der Waals surface area contributed by atoms with Gasteiger partial charge in [-0.25, -0.2) is 0 Å². The van der Waals surface area contributed by atoms with Crippen LogP contribution in [0.5, 0.6) is 0 Å². The number of anilines is 1. The average molecular weight is 265 g/mol. The van der Waals surface area contributed by atoms with Gasteiger partial charge in [-0.2, -0.15) is 0 Å². The Kier molecular flexibility index (Phi) is 6.29. The van der Waals surface area contributed by atoms with Gasteiger partial charge in [-0.1, -0.05) is 19.9 Å². The summed E-state index contributed by atoms with van der Waals surface area (Å²) in [5.41, 5.74) is 1.65. The van der Waals surface area contributed by atoms with Gasteiger partial charge in [0, 0.05) is 19.2 Å². The molecular weight excluding hydrogens is 242 g/mol. The lowest BCUT2D eigenvalue weighted by Crippen LogP contribution is -2.29. The van der Waals surface area contributed by atoms with E-state index in [1.54, 1.807) is 12.1 Å². The topological polar surface area (TPSA) is 58.4 Å². The van der Waals surface area contributed by atoms with Crippen LogP contribution in [-0.4, -0.2) is 36.0 Å². The fourth-order valence-corrected chi connectivity index (χ4v) is 2.04. The van der Waals surface area contributed by atoms with Gasteiger partial charge in [0.1, 0.15) is 5.69 Å². The van der Waals surface area contributed by atoms with Gasteiger partial charge in [0.2, 0.25) is 0 Å². The smallest absolute Gasteiger partial charge is 0.292 e. The van der Waals surface area contributed by atoms with Crippen molar-refractivity contribution < 1.29 is 4.92 Å². The minimum atomic E-state index is -0.334. The SMILES string of the molecule is CCCN(CC)CCNc1ccc(C)cc1[N+](=O)[O-]. The summed E-state index contributed by atoms with van der Waals surface area (Å²) in [4.78, 5) is 13.0. The van der Waals surface area contributed by atoms with E-state index in [9.17, 15) is 10.1 Å². The Labute approximate surface area is 114 Å². The maximum atomic E-state index is 11.0. The van der Waals surface area contributed by atoms with Crippen molar-refractivity contribution in [1.82, 2.24) is 4.90 Å². The molecule has 0 unspecified atom stereocenters. The van der Waals surface area contributed by atoms with Gasteiger partial charge in [-0.15, -0.1) is 0 Å². The first-order valence-electron chi connectivity index (χ1n) is 6.79. The van der Waals surface area contributed by atoms with Crippen LogP contribution in [0.4, 0.5) is 11.4 Å². The lowest BCUT2D eigenvalue weighted by atomic mass is 10.2. The average Bonchev–Trinajstić information content (AvgIpc) is 2.39. The van der Waals surface area contributed by atoms with Crippen LogP contribution in [0.15, 0.2) is 18.2 Å². The van der Waals surface area contributed by atoms with Crippen molar-refractivity contribution in [3.8, 4) is 0 Å². The highest BCUT2D eigenvalue weighted by molar-refractivity contribution is 5.62. The Morgan fingerprint density at radius 2 is 2.05 bits per heavy atom. The van der Waals surface area contributed by atoms with Crippen LogP contribution in [0.1, 0.15) is 25.8 Å². The largest absolute Gasteiger partial charge is 0.378 e. The predicted molar refractivity (Wildman–Crippen MR) is 78.7 cm³/mol. The van der Waals surface area contributed by atoms with Crippen LogP contribution in [0.3, 0.4) is 0 Å². The van der Waals surface area contributed by atoms with Crippen LogP contribution in [0.2, 0.25) is 0 Å². The molecule has 106 valence electrons. The second-order valence-electron chi connectivity index (χ2n) is 4.64. The molecule has 0 radical (unpaired) electrons. The van der Waals surface area contributed by atoms with Gasteiger partial charge in [-0.3, -0.25) is 10.1 Å². The van der Waals surface area contributed by atoms with E-state index in [4.69, 9.17) is 0 Å². The summed E-state index contributed by atoms with van der Waals surface area (Å²) in [6, 6.07) is 5.27. The van der Waals surface area contributed by atoms with Gasteiger partial charge >= 0.3 is 0 Å². The molecule has 19 heavy (non-hydrogen) atoms. The number of rotatable bonds is 8. The van der Waals surface area contributed by atoms with E-state index in [0.29, 0.717) is 5.69 Å². The maximum Gasteiger partial charge on any atom is 0.292 e. The van der Waals surface area contributed by atoms with Crippen molar-refractivity contribution in [2.45, 2.75) is 27.2 Å². The molecule has 0 aliphatic rings. The summed E-state index contributed by atoms with van der Waals surface area (Å²) < 4.78 is 0. The van der Waals surface area contributed by atoms with E-state index in [1.807, 2.05) is 13.0 Å². The molecule has 0 heterocycles. The Morgan fingerprint density at radius 1 is 1.32 bits per heavy atom. The fraction of sp³-hybridized carbons (Fsp3) is 0.571. The van der Waals surface area contributed by atoms with Crippen LogP contribution >= 0.6 is 0 Å². The predicted octanol–water partition coefficient (Wildman–Crippen LogP) is 3.05. The molecule has 0 spiro atoms. The van der Waals surface area contributed by atoms with Crippen molar-refractivity contribution in [3.05, 3.63) is 33.9 Å². The third-order valence-electron chi connectivity index (χ3n) is 3.08. The van der Waals surface area contributed by atoms with E-state index in [0.717, 1.165) is 38.2 Å². The highest BCUT2D eigenvalue weighted by Crippen LogP contribution is 2.24. The minimum Gasteiger partial charge on any atom is -0.378 e. The molecular formula is C14H23N3O2. The number of nitro groups is 1. The number of benzene rings is 1. The highest BCUT2D eigenvalue weighted by Gasteiger charge is 2.13.